The number of aliphatic carboxylic acids is 1. The molecule has 0 radical (unpaired) electrons. The summed E-state index contributed by atoms with van der Waals surface area (Å²) in [5, 5.41) is 9.15. The van der Waals surface area contributed by atoms with Crippen molar-refractivity contribution in [1.82, 2.24) is 4.57 Å². The molecule has 0 unspecified atom stereocenters. The highest BCUT2D eigenvalue weighted by Crippen LogP contribution is 2.29. The number of carboxylic acids is 1. The number of methoxy groups -OCH3 is 1. The standard InChI is InChI=1S/C18H13F3N2O4S/c1-27-12-5-6-13-14(8-12)28-17(23(13)9-15(24)25)22-16(26)10-3-2-4-11(7-10)18(19,20)21/h2-8H,9H2,1H3,(H,24,25)/b22-17-. The van der Waals surface area contributed by atoms with Crippen molar-refractivity contribution in [3.63, 3.8) is 0 Å². The Kier molecular flexibility index (Phi) is 5.23. The normalized spacial score (nSPS) is 12.4. The third kappa shape index (κ3) is 4.06. The molecule has 0 saturated carbocycles. The van der Waals surface area contributed by atoms with Gasteiger partial charge in [0.05, 0.1) is 22.9 Å². The highest BCUT2D eigenvalue weighted by Gasteiger charge is 2.30. The summed E-state index contributed by atoms with van der Waals surface area (Å²) in [4.78, 5) is 27.6. The Morgan fingerprint density at radius 1 is 1.21 bits per heavy atom. The molecule has 0 aliphatic rings. The maximum atomic E-state index is 12.9. The molecule has 0 bridgehead atoms. The van der Waals surface area contributed by atoms with Crippen molar-refractivity contribution in [3.05, 3.63) is 58.4 Å². The van der Waals surface area contributed by atoms with Crippen molar-refractivity contribution < 1.29 is 32.6 Å². The van der Waals surface area contributed by atoms with Crippen LogP contribution in [0.15, 0.2) is 47.5 Å². The number of benzene rings is 2. The first-order valence-electron chi connectivity index (χ1n) is 7.84. The summed E-state index contributed by atoms with van der Waals surface area (Å²) in [6, 6.07) is 8.82. The van der Waals surface area contributed by atoms with Gasteiger partial charge in [-0.25, -0.2) is 0 Å². The number of thiazole rings is 1. The maximum absolute atomic E-state index is 12.9. The fourth-order valence-electron chi connectivity index (χ4n) is 2.53. The van der Waals surface area contributed by atoms with E-state index in [2.05, 4.69) is 4.99 Å². The first-order chi connectivity index (χ1) is 13.2. The monoisotopic (exact) mass is 410 g/mol. The van der Waals surface area contributed by atoms with Gasteiger partial charge in [-0.05, 0) is 36.4 Å². The summed E-state index contributed by atoms with van der Waals surface area (Å²) in [6.07, 6.45) is -4.59. The Morgan fingerprint density at radius 2 is 1.96 bits per heavy atom. The molecule has 1 aromatic heterocycles. The van der Waals surface area contributed by atoms with E-state index in [1.165, 1.54) is 17.7 Å². The third-order valence-corrected chi connectivity index (χ3v) is 4.86. The number of carbonyl (C=O) groups is 2. The number of rotatable bonds is 4. The van der Waals surface area contributed by atoms with Gasteiger partial charge in [-0.15, -0.1) is 0 Å². The molecule has 0 saturated heterocycles. The van der Waals surface area contributed by atoms with E-state index in [9.17, 15) is 22.8 Å². The number of aromatic nitrogens is 1. The predicted molar refractivity (Wildman–Crippen MR) is 95.3 cm³/mol. The Bertz CT molecular complexity index is 1130. The second kappa shape index (κ2) is 7.47. The van der Waals surface area contributed by atoms with Crippen LogP contribution >= 0.6 is 11.3 Å². The molecule has 0 atom stereocenters. The fourth-order valence-corrected chi connectivity index (χ4v) is 3.59. The van der Waals surface area contributed by atoms with Gasteiger partial charge in [-0.3, -0.25) is 9.59 Å². The van der Waals surface area contributed by atoms with Crippen LogP contribution < -0.4 is 9.54 Å². The molecule has 0 fully saturated rings. The van der Waals surface area contributed by atoms with Gasteiger partial charge in [0.1, 0.15) is 12.3 Å². The van der Waals surface area contributed by atoms with Crippen LogP contribution in [0.5, 0.6) is 5.75 Å². The highest BCUT2D eigenvalue weighted by molar-refractivity contribution is 7.16. The SMILES string of the molecule is COc1ccc2c(c1)s/c(=N\C(=O)c1cccc(C(F)(F)F)c1)n2CC(=O)O. The number of hydrogen-bond acceptors (Lipinski definition) is 4. The zero-order chi connectivity index (χ0) is 20.5. The Balaban J connectivity index is 2.12. The molecule has 146 valence electrons. The molecule has 1 N–H and O–H groups in total. The van der Waals surface area contributed by atoms with Crippen LogP contribution in [0.25, 0.3) is 10.2 Å². The van der Waals surface area contributed by atoms with Gasteiger partial charge in [0, 0.05) is 5.56 Å². The number of ether oxygens (including phenoxy) is 1. The highest BCUT2D eigenvalue weighted by atomic mass is 32.1. The number of amides is 1. The molecular weight excluding hydrogens is 397 g/mol. The molecule has 10 heteroatoms. The van der Waals surface area contributed by atoms with Gasteiger partial charge in [-0.2, -0.15) is 18.2 Å². The minimum absolute atomic E-state index is 0.0630. The van der Waals surface area contributed by atoms with E-state index < -0.39 is 30.2 Å². The topological polar surface area (TPSA) is 80.9 Å². The van der Waals surface area contributed by atoms with Gasteiger partial charge < -0.3 is 14.4 Å². The van der Waals surface area contributed by atoms with Crippen molar-refractivity contribution in [2.75, 3.05) is 7.11 Å². The van der Waals surface area contributed by atoms with Crippen LogP contribution in [-0.2, 0) is 17.5 Å². The van der Waals surface area contributed by atoms with Crippen molar-refractivity contribution in [2.45, 2.75) is 12.7 Å². The van der Waals surface area contributed by atoms with Crippen LogP contribution in [0.4, 0.5) is 13.2 Å². The lowest BCUT2D eigenvalue weighted by atomic mass is 10.1. The summed E-state index contributed by atoms with van der Waals surface area (Å²) in [6.45, 7) is -0.457. The Labute approximate surface area is 160 Å². The number of alkyl halides is 3. The molecule has 1 amide bonds. The van der Waals surface area contributed by atoms with Crippen molar-refractivity contribution >= 4 is 33.4 Å². The number of nitrogens with zero attached hydrogens (tertiary/aromatic N) is 2. The van der Waals surface area contributed by atoms with Gasteiger partial charge in [0.2, 0.25) is 0 Å². The maximum Gasteiger partial charge on any atom is 0.416 e. The van der Waals surface area contributed by atoms with Crippen LogP contribution in [0.2, 0.25) is 0 Å². The number of hydrogen-bond donors (Lipinski definition) is 1. The molecular formula is C18H13F3N2O4S. The molecule has 0 spiro atoms. The summed E-state index contributed by atoms with van der Waals surface area (Å²) < 4.78 is 45.6. The Hall–Kier alpha value is -3.14. The number of fused-ring (bicyclic) bond motifs is 1. The van der Waals surface area contributed by atoms with Gasteiger partial charge in [0.25, 0.3) is 5.91 Å². The number of carbonyl (C=O) groups excluding carboxylic acids is 1. The summed E-state index contributed by atoms with van der Waals surface area (Å²) >= 11 is 1.04. The van der Waals surface area contributed by atoms with E-state index in [4.69, 9.17) is 9.84 Å². The molecule has 1 heterocycles. The van der Waals surface area contributed by atoms with Gasteiger partial charge in [-0.1, -0.05) is 17.4 Å². The fraction of sp³-hybridized carbons (Fsp3) is 0.167. The second-order valence-corrected chi connectivity index (χ2v) is 6.70. The molecule has 0 aliphatic heterocycles. The summed E-state index contributed by atoms with van der Waals surface area (Å²) in [5.41, 5.74) is -0.691. The third-order valence-electron chi connectivity index (χ3n) is 3.82. The predicted octanol–water partition coefficient (Wildman–Crippen LogP) is 3.56. The minimum Gasteiger partial charge on any atom is -0.497 e. The summed E-state index contributed by atoms with van der Waals surface area (Å²) in [5.74, 6) is -1.51. The number of carboxylic acid groups (broad SMARTS) is 1. The van der Waals surface area contributed by atoms with Crippen molar-refractivity contribution in [1.29, 1.82) is 0 Å². The van der Waals surface area contributed by atoms with Crippen LogP contribution in [0.1, 0.15) is 15.9 Å². The van der Waals surface area contributed by atoms with Crippen LogP contribution in [0.3, 0.4) is 0 Å². The quantitative estimate of drug-likeness (QED) is 0.713. The molecule has 3 rings (SSSR count). The smallest absolute Gasteiger partial charge is 0.416 e. The molecule has 28 heavy (non-hydrogen) atoms. The van der Waals surface area contributed by atoms with Gasteiger partial charge >= 0.3 is 12.1 Å². The lowest BCUT2D eigenvalue weighted by Crippen LogP contribution is -2.21. The van der Waals surface area contributed by atoms with Gasteiger partial charge in [0.15, 0.2) is 4.80 Å². The molecule has 2 aromatic carbocycles. The largest absolute Gasteiger partial charge is 0.497 e. The first-order valence-corrected chi connectivity index (χ1v) is 8.66. The van der Waals surface area contributed by atoms with Crippen LogP contribution in [-0.4, -0.2) is 28.7 Å². The number of halogens is 3. The first kappa shape index (κ1) is 19.6. The van der Waals surface area contributed by atoms with E-state index in [1.807, 2.05) is 0 Å². The average Bonchev–Trinajstić information content (AvgIpc) is 2.96. The average molecular weight is 410 g/mol. The molecule has 3 aromatic rings. The molecule has 6 nitrogen and oxygen atoms in total. The van der Waals surface area contributed by atoms with E-state index in [-0.39, 0.29) is 10.4 Å². The second-order valence-electron chi connectivity index (χ2n) is 5.69. The van der Waals surface area contributed by atoms with E-state index >= 15 is 0 Å². The van der Waals surface area contributed by atoms with E-state index in [0.29, 0.717) is 22.0 Å². The minimum atomic E-state index is -4.59. The van der Waals surface area contributed by atoms with E-state index in [0.717, 1.165) is 23.5 Å². The van der Waals surface area contributed by atoms with Crippen molar-refractivity contribution in [3.8, 4) is 5.75 Å². The van der Waals surface area contributed by atoms with Crippen LogP contribution in [0, 0.1) is 0 Å². The summed E-state index contributed by atoms with van der Waals surface area (Å²) in [7, 11) is 1.47. The Morgan fingerprint density at radius 3 is 2.61 bits per heavy atom. The molecule has 0 aliphatic carbocycles. The van der Waals surface area contributed by atoms with Crippen molar-refractivity contribution in [2.24, 2.45) is 4.99 Å². The lowest BCUT2D eigenvalue weighted by Gasteiger charge is -2.06. The van der Waals surface area contributed by atoms with E-state index in [1.54, 1.807) is 18.2 Å². The zero-order valence-corrected chi connectivity index (χ0v) is 15.2. The lowest BCUT2D eigenvalue weighted by molar-refractivity contribution is -0.138. The zero-order valence-electron chi connectivity index (χ0n) is 14.4.